The largest absolute Gasteiger partial charge is 0.483 e. The minimum Gasteiger partial charge on any atom is -0.483 e. The van der Waals surface area contributed by atoms with Crippen LogP contribution in [0.15, 0.2) is 103 Å². The zero-order valence-corrected chi connectivity index (χ0v) is 26.4. The molecule has 0 heterocycles. The molecule has 0 aliphatic rings. The average Bonchev–Trinajstić information content (AvgIpc) is 2.90. The summed E-state index contributed by atoms with van der Waals surface area (Å²) in [5.41, 5.74) is 1.22. The van der Waals surface area contributed by atoms with Crippen molar-refractivity contribution in [2.75, 3.05) is 23.8 Å². The van der Waals surface area contributed by atoms with Gasteiger partial charge >= 0.3 is 0 Å². The monoisotopic (exact) mass is 780 g/mol. The van der Waals surface area contributed by atoms with Crippen molar-refractivity contribution >= 4 is 86.9 Å². The summed E-state index contributed by atoms with van der Waals surface area (Å²) in [6, 6.07) is 24.8. The number of hydrogen-bond donors (Lipinski definition) is 2. The van der Waals surface area contributed by atoms with Gasteiger partial charge in [0.1, 0.15) is 23.0 Å². The molecule has 4 rings (SSSR count). The van der Waals surface area contributed by atoms with Crippen LogP contribution in [0, 0.1) is 0 Å². The maximum absolute atomic E-state index is 12.3. The van der Waals surface area contributed by atoms with E-state index in [4.69, 9.17) is 14.2 Å². The predicted octanol–water partition coefficient (Wildman–Crippen LogP) is 8.56. The molecule has 0 fully saturated rings. The van der Waals surface area contributed by atoms with Gasteiger partial charge in [-0.2, -0.15) is 0 Å². The molecule has 0 spiro atoms. The van der Waals surface area contributed by atoms with Crippen molar-refractivity contribution in [3.05, 3.63) is 103 Å². The molecule has 0 aromatic heterocycles. The molecule has 0 aliphatic carbocycles. The Morgan fingerprint density at radius 2 is 0.949 bits per heavy atom. The summed E-state index contributed by atoms with van der Waals surface area (Å²) in [5.74, 6) is 1.76. The van der Waals surface area contributed by atoms with Crippen molar-refractivity contribution in [1.29, 1.82) is 0 Å². The van der Waals surface area contributed by atoms with Gasteiger partial charge in [-0.05, 0) is 117 Å². The fraction of sp³-hybridized carbons (Fsp3) is 0.0714. The molecule has 0 saturated carbocycles. The number of carbonyl (C=O) groups is 2. The lowest BCUT2D eigenvalue weighted by atomic mass is 10.2. The number of halogens is 4. The van der Waals surface area contributed by atoms with Crippen LogP contribution in [0.25, 0.3) is 0 Å². The molecule has 0 bridgehead atoms. The topological polar surface area (TPSA) is 85.9 Å². The zero-order valence-electron chi connectivity index (χ0n) is 20.1. The fourth-order valence-electron chi connectivity index (χ4n) is 3.21. The highest BCUT2D eigenvalue weighted by Crippen LogP contribution is 2.29. The third kappa shape index (κ3) is 9.10. The van der Waals surface area contributed by atoms with Crippen molar-refractivity contribution < 1.29 is 23.8 Å². The first-order chi connectivity index (χ1) is 18.7. The molecule has 0 saturated heterocycles. The van der Waals surface area contributed by atoms with Crippen LogP contribution in [0.1, 0.15) is 0 Å². The predicted molar refractivity (Wildman–Crippen MR) is 165 cm³/mol. The highest BCUT2D eigenvalue weighted by molar-refractivity contribution is 9.11. The first kappa shape index (κ1) is 29.1. The van der Waals surface area contributed by atoms with Crippen LogP contribution in [0.5, 0.6) is 23.0 Å². The van der Waals surface area contributed by atoms with Gasteiger partial charge in [-0.1, -0.05) is 31.9 Å². The van der Waals surface area contributed by atoms with Gasteiger partial charge in [0.15, 0.2) is 13.2 Å². The van der Waals surface area contributed by atoms with Crippen LogP contribution in [0.2, 0.25) is 0 Å². The number of rotatable bonds is 10. The summed E-state index contributed by atoms with van der Waals surface area (Å²) in [6.07, 6.45) is 0. The van der Waals surface area contributed by atoms with Crippen LogP contribution in [0.4, 0.5) is 11.4 Å². The number of carbonyl (C=O) groups excluding carboxylic acids is 2. The van der Waals surface area contributed by atoms with Gasteiger partial charge < -0.3 is 24.8 Å². The number of hydrogen-bond acceptors (Lipinski definition) is 5. The van der Waals surface area contributed by atoms with Crippen LogP contribution in [-0.4, -0.2) is 25.0 Å². The van der Waals surface area contributed by atoms with E-state index in [2.05, 4.69) is 74.4 Å². The molecule has 4 aromatic carbocycles. The Balaban J connectivity index is 1.22. The van der Waals surface area contributed by atoms with Crippen molar-refractivity contribution in [2.45, 2.75) is 0 Å². The van der Waals surface area contributed by atoms with Crippen LogP contribution < -0.4 is 24.8 Å². The highest BCUT2D eigenvalue weighted by Gasteiger charge is 2.09. The highest BCUT2D eigenvalue weighted by atomic mass is 79.9. The molecule has 0 unspecified atom stereocenters. The summed E-state index contributed by atoms with van der Waals surface area (Å²) >= 11 is 13.6. The van der Waals surface area contributed by atoms with E-state index in [0.29, 0.717) is 34.4 Å². The Kier molecular flexibility index (Phi) is 10.4. The van der Waals surface area contributed by atoms with Crippen LogP contribution in [-0.2, 0) is 9.59 Å². The minimum atomic E-state index is -0.286. The van der Waals surface area contributed by atoms with E-state index in [0.717, 1.165) is 17.9 Å². The average molecular weight is 784 g/mol. The summed E-state index contributed by atoms with van der Waals surface area (Å²) in [7, 11) is 0. The van der Waals surface area contributed by atoms with E-state index in [-0.39, 0.29) is 25.0 Å². The minimum absolute atomic E-state index is 0.130. The Labute approximate surface area is 258 Å². The lowest BCUT2D eigenvalue weighted by Gasteiger charge is -2.11. The van der Waals surface area contributed by atoms with E-state index in [9.17, 15) is 9.59 Å². The molecule has 0 atom stereocenters. The molecule has 0 radical (unpaired) electrons. The maximum Gasteiger partial charge on any atom is 0.262 e. The van der Waals surface area contributed by atoms with Crippen LogP contribution >= 0.6 is 63.7 Å². The lowest BCUT2D eigenvalue weighted by molar-refractivity contribution is -0.118. The molecule has 2 amide bonds. The molecule has 200 valence electrons. The first-order valence-electron chi connectivity index (χ1n) is 11.4. The number of amides is 2. The summed E-state index contributed by atoms with van der Waals surface area (Å²) in [4.78, 5) is 24.5. The molecule has 0 aliphatic heterocycles. The van der Waals surface area contributed by atoms with Gasteiger partial charge in [0.2, 0.25) is 0 Å². The van der Waals surface area contributed by atoms with E-state index < -0.39 is 0 Å². The van der Waals surface area contributed by atoms with E-state index >= 15 is 0 Å². The molecule has 4 aromatic rings. The Morgan fingerprint density at radius 3 is 1.31 bits per heavy atom. The van der Waals surface area contributed by atoms with Gasteiger partial charge in [-0.3, -0.25) is 9.59 Å². The smallest absolute Gasteiger partial charge is 0.262 e. The molecular formula is C28H20Br4N2O5. The summed E-state index contributed by atoms with van der Waals surface area (Å²) in [6.45, 7) is -0.259. The lowest BCUT2D eigenvalue weighted by Crippen LogP contribution is -2.20. The maximum atomic E-state index is 12.3. The zero-order chi connectivity index (χ0) is 27.8. The van der Waals surface area contributed by atoms with Crippen molar-refractivity contribution in [1.82, 2.24) is 0 Å². The van der Waals surface area contributed by atoms with Gasteiger partial charge in [-0.25, -0.2) is 0 Å². The second kappa shape index (κ2) is 14.0. The van der Waals surface area contributed by atoms with Crippen molar-refractivity contribution in [3.8, 4) is 23.0 Å². The summed E-state index contributed by atoms with van der Waals surface area (Å²) in [5, 5.41) is 5.57. The Hall–Kier alpha value is -2.86. The van der Waals surface area contributed by atoms with Gasteiger partial charge in [0.25, 0.3) is 11.8 Å². The van der Waals surface area contributed by atoms with Gasteiger partial charge in [0.05, 0.1) is 8.95 Å². The van der Waals surface area contributed by atoms with E-state index in [1.54, 1.807) is 60.7 Å². The van der Waals surface area contributed by atoms with E-state index in [1.165, 1.54) is 0 Å². The number of benzene rings is 4. The Bertz CT molecular complexity index is 1350. The number of nitrogens with one attached hydrogen (secondary N) is 2. The number of anilines is 2. The van der Waals surface area contributed by atoms with Gasteiger partial charge in [-0.15, -0.1) is 0 Å². The Morgan fingerprint density at radius 1 is 0.564 bits per heavy atom. The summed E-state index contributed by atoms with van der Waals surface area (Å²) < 4.78 is 20.3. The second-order valence-corrected chi connectivity index (χ2v) is 11.5. The molecular weight excluding hydrogens is 764 g/mol. The standard InChI is InChI=1S/C28H20Br4N2O5/c29-17-1-11-25(23(31)13-17)37-15-27(35)33-19-3-7-21(8-4-19)39-22-9-5-20(6-10-22)34-28(36)16-38-26-12-2-18(30)14-24(26)32/h1-14H,15-16H2,(H,33,35)(H,34,36). The second-order valence-electron chi connectivity index (χ2n) is 7.97. The first-order valence-corrected chi connectivity index (χ1v) is 14.6. The molecule has 2 N–H and O–H groups in total. The van der Waals surface area contributed by atoms with Crippen LogP contribution in [0.3, 0.4) is 0 Å². The van der Waals surface area contributed by atoms with Crippen molar-refractivity contribution in [2.24, 2.45) is 0 Å². The normalized spacial score (nSPS) is 10.5. The molecule has 11 heteroatoms. The third-order valence-corrected chi connectivity index (χ3v) is 7.24. The molecule has 39 heavy (non-hydrogen) atoms. The quantitative estimate of drug-likeness (QED) is 0.169. The molecule has 7 nitrogen and oxygen atoms in total. The third-order valence-electron chi connectivity index (χ3n) is 5.02. The number of ether oxygens (including phenoxy) is 3. The van der Waals surface area contributed by atoms with E-state index in [1.807, 2.05) is 24.3 Å². The van der Waals surface area contributed by atoms with Crippen molar-refractivity contribution in [3.63, 3.8) is 0 Å². The van der Waals surface area contributed by atoms with Gasteiger partial charge in [0, 0.05) is 20.3 Å². The fourth-order valence-corrected chi connectivity index (χ4v) is 5.54. The SMILES string of the molecule is O=C(COc1ccc(Br)cc1Br)Nc1ccc(Oc2ccc(NC(=O)COc3ccc(Br)cc3Br)cc2)cc1.